The van der Waals surface area contributed by atoms with Crippen LogP contribution in [0.1, 0.15) is 150 Å². The summed E-state index contributed by atoms with van der Waals surface area (Å²) >= 11 is 0. The normalized spacial score (nSPS) is 36.4. The van der Waals surface area contributed by atoms with E-state index in [2.05, 4.69) is 9.98 Å². The van der Waals surface area contributed by atoms with Crippen LogP contribution in [0.5, 0.6) is 0 Å². The summed E-state index contributed by atoms with van der Waals surface area (Å²) < 4.78 is 32.1. The molecule has 15 N–H and O–H groups in total. The molecule has 18 atom stereocenters. The van der Waals surface area contributed by atoms with E-state index in [4.69, 9.17) is 69.5 Å². The van der Waals surface area contributed by atoms with E-state index in [1.165, 1.54) is 13.3 Å². The first-order chi connectivity index (χ1) is 41.8. The van der Waals surface area contributed by atoms with Gasteiger partial charge in [-0.2, -0.15) is 17.1 Å². The molecule has 5 saturated heterocycles. The van der Waals surface area contributed by atoms with Crippen molar-refractivity contribution in [1.29, 1.82) is 0 Å². The number of amides is 7. The summed E-state index contributed by atoms with van der Waals surface area (Å²) in [7, 11) is -5.12. The number of carbonyl (C=O) groups excluding carboxylic acids is 7. The number of aromatic nitrogens is 2. The third-order valence-corrected chi connectivity index (χ3v) is 22.1. The van der Waals surface area contributed by atoms with Gasteiger partial charge in [-0.05, 0) is 129 Å². The fourth-order valence-corrected chi connectivity index (χ4v) is 17.1. The molecule has 8 rings (SSSR count). The van der Waals surface area contributed by atoms with Crippen molar-refractivity contribution in [1.82, 2.24) is 4.98 Å². The monoisotopic (exact) mass is 1330 g/mol. The Morgan fingerprint density at radius 3 is 1.90 bits per heavy atom. The Morgan fingerprint density at radius 1 is 0.747 bits per heavy atom. The Bertz CT molecular complexity index is 3390. The van der Waals surface area contributed by atoms with Gasteiger partial charge in [0.15, 0.2) is 6.23 Å². The number of phosphoric ester groups is 1. The van der Waals surface area contributed by atoms with E-state index in [0.29, 0.717) is 39.3 Å². The fraction of sp³-hybridized carbons (Fsp3) is 0.661. The van der Waals surface area contributed by atoms with Gasteiger partial charge in [0.1, 0.15) is 24.4 Å². The average Bonchev–Trinajstić information content (AvgIpc) is 1.53. The van der Waals surface area contributed by atoms with Crippen molar-refractivity contribution in [2.45, 2.75) is 207 Å². The zero-order valence-corrected chi connectivity index (χ0v) is 55.5. The van der Waals surface area contributed by atoms with Crippen molar-refractivity contribution < 1.29 is 88.4 Å². The largest absolute Gasteiger partial charge is 0.685 e. The van der Waals surface area contributed by atoms with Crippen LogP contribution >= 0.6 is 7.82 Å². The molecule has 0 spiro atoms. The van der Waals surface area contributed by atoms with Crippen LogP contribution in [-0.4, -0.2) is 123 Å². The number of ether oxygens (including phenoxy) is 1. The first-order valence-electron chi connectivity index (χ1n) is 30.7. The zero-order chi connectivity index (χ0) is 66.7. The number of aliphatic hydroxyl groups excluding tert-OH is 2. The van der Waals surface area contributed by atoms with Gasteiger partial charge >= 0.3 is 7.82 Å². The van der Waals surface area contributed by atoms with E-state index in [-0.39, 0.29) is 87.4 Å². The number of aliphatic hydroxyl groups is 2. The van der Waals surface area contributed by atoms with Gasteiger partial charge in [-0.3, -0.25) is 42.6 Å². The van der Waals surface area contributed by atoms with Gasteiger partial charge in [0.2, 0.25) is 41.4 Å². The topological polar surface area (TPSA) is 468 Å². The quantitative estimate of drug-likeness (QED) is 0.0378. The summed E-state index contributed by atoms with van der Waals surface area (Å²) in [6.45, 7) is 19.6. The molecule has 91 heavy (non-hydrogen) atoms. The molecule has 0 aliphatic carbocycles. The molecule has 1 aromatic carbocycles. The summed E-state index contributed by atoms with van der Waals surface area (Å²) in [4.78, 5) is 113. The zero-order valence-electron chi connectivity index (χ0n) is 53.6. The number of rotatable bonds is 25. The third-order valence-electron chi connectivity index (χ3n) is 21.0. The van der Waals surface area contributed by atoms with Gasteiger partial charge in [0.25, 0.3) is 0 Å². The van der Waals surface area contributed by atoms with Crippen molar-refractivity contribution in [2.75, 3.05) is 6.61 Å². The number of benzene rings is 1. The molecular weight excluding hydrogens is 1240 g/mol. The van der Waals surface area contributed by atoms with Gasteiger partial charge in [-0.1, -0.05) is 53.6 Å². The van der Waals surface area contributed by atoms with Crippen LogP contribution in [0, 0.1) is 59.2 Å². The number of phosphoric acid groups is 1. The molecule has 6 aliphatic heterocycles. The van der Waals surface area contributed by atoms with Gasteiger partial charge in [-0.15, -0.1) is 34.8 Å². The smallest absolute Gasteiger partial charge is 0.473 e. The number of imidazole rings is 1. The fourth-order valence-electron chi connectivity index (χ4n) is 16.0. The molecule has 1 radical (unpaired) electrons. The number of hydrogen-bond acceptors (Lipinski definition) is 13. The van der Waals surface area contributed by atoms with Crippen LogP contribution < -0.4 is 44.0 Å². The summed E-state index contributed by atoms with van der Waals surface area (Å²) in [6.07, 6.45) is -3.42. The van der Waals surface area contributed by atoms with Crippen molar-refractivity contribution in [3.63, 3.8) is 0 Å². The summed E-state index contributed by atoms with van der Waals surface area (Å²) in [5, 5.41) is 44.1. The Balaban J connectivity index is 0.0000118. The number of carbonyl (C=O) groups is 7. The Hall–Kier alpha value is -6.07. The van der Waals surface area contributed by atoms with E-state index in [1.807, 2.05) is 87.4 Å². The first kappa shape index (κ1) is 72.4. The maximum atomic E-state index is 14.3. The van der Waals surface area contributed by atoms with Crippen LogP contribution in [0.4, 0.5) is 0 Å². The number of fused-ring (bicyclic) bond motifs is 10. The molecule has 27 nitrogen and oxygen atoms in total. The van der Waals surface area contributed by atoms with Crippen LogP contribution in [0.3, 0.4) is 0 Å². The molecule has 7 amide bonds. The Labute approximate surface area is 541 Å². The minimum absolute atomic E-state index is 0. The molecule has 5 fully saturated rings. The molecule has 0 saturated carbocycles. The predicted molar refractivity (Wildman–Crippen MR) is 331 cm³/mol. The van der Waals surface area contributed by atoms with Crippen LogP contribution in [-0.2, 0) is 68.7 Å². The number of aliphatic imine (C=N–C) groups is 1. The van der Waals surface area contributed by atoms with Crippen LogP contribution in [0.2, 0.25) is 0 Å². The van der Waals surface area contributed by atoms with E-state index < -0.39 is 161 Å². The minimum Gasteiger partial charge on any atom is -0.685 e. The first-order valence-corrected chi connectivity index (χ1v) is 32.2. The van der Waals surface area contributed by atoms with E-state index in [1.54, 1.807) is 4.57 Å². The maximum absolute atomic E-state index is 14.3. The molecule has 2 aromatic rings. The number of nitrogens with two attached hydrogens (primary N) is 6. The maximum Gasteiger partial charge on any atom is 0.473 e. The summed E-state index contributed by atoms with van der Waals surface area (Å²) in [6, 6.07) is 0.355. The Morgan fingerprint density at radius 2 is 1.32 bits per heavy atom. The van der Waals surface area contributed by atoms with Gasteiger partial charge in [0.05, 0.1) is 24.0 Å². The molecule has 1 aromatic heterocycles. The summed E-state index contributed by atoms with van der Waals surface area (Å²) in [5.41, 5.74) is 36.0. The number of primary amides is 6. The molecule has 8 bridgehead atoms. The molecule has 29 heteroatoms. The van der Waals surface area contributed by atoms with Crippen LogP contribution in [0.15, 0.2) is 57.8 Å². The number of allylic oxidation sites excluding steroid dienone is 3. The van der Waals surface area contributed by atoms with Crippen molar-refractivity contribution >= 4 is 66.4 Å². The second-order valence-electron chi connectivity index (χ2n) is 27.3. The van der Waals surface area contributed by atoms with Gasteiger partial charge in [-0.25, -0.2) is 14.5 Å². The third kappa shape index (κ3) is 14.0. The van der Waals surface area contributed by atoms with Crippen molar-refractivity contribution in [3.05, 3.63) is 85.2 Å². The minimum atomic E-state index is -5.12. The molecule has 7 heterocycles. The standard InChI is InChI=1S/C62H90N13O14P.Co/c1-29-20-39-40(21-30(29)2)75(28-70-39)57-52(84)53(41(27-76)87-57)89-90(85,86)88-31(3)26-69-49(83)18-19-59(8)37(22-46(66)80)56-62(11)61(10,25-48(68)82)36(14-17-45(65)79)51(74-62)33(5)55-60(9,24-47(67)81)34(12-15-43(63)77)38(71-55)23-42-58(6,7)35(13-16-44(64)78)50(72-42)32(4)54(59)73-56;/h20-21,23,26,28,31,34-38,41,50-53,56-57,76,84H,12-19,22,24-25,27H2,1-11H3,(H13,63,64,65,66,67,68,77,78,79,80,81,82,85,86);/q-4;/b42-23-,54-32-,55-33-,69-26?;/t31-,34-,35-,36-,37+,38?,41-,50?,51?,52-,53-,56-,57+,59-,60+,61+,62+;/m1./s1. The molecule has 6 aliphatic rings. The second-order valence-corrected chi connectivity index (χ2v) is 28.7. The molecular formula is C62H90CoN13O14P-4. The average molecular weight is 1330 g/mol. The van der Waals surface area contributed by atoms with E-state index in [9.17, 15) is 53.2 Å². The van der Waals surface area contributed by atoms with Crippen molar-refractivity contribution in [2.24, 2.45) is 84.7 Å². The van der Waals surface area contributed by atoms with Crippen molar-refractivity contribution in [3.8, 4) is 0 Å². The van der Waals surface area contributed by atoms with Gasteiger partial charge in [0, 0.05) is 67.9 Å². The number of aryl methyl sites for hydroxylation is 2. The molecule has 4 unspecified atom stereocenters. The van der Waals surface area contributed by atoms with E-state index >= 15 is 0 Å². The predicted octanol–water partition coefficient (Wildman–Crippen LogP) is 4.38. The molecule has 505 valence electrons. The second kappa shape index (κ2) is 27.1. The van der Waals surface area contributed by atoms with E-state index in [0.717, 1.165) is 17.3 Å². The Kier molecular flexibility index (Phi) is 21.5. The van der Waals surface area contributed by atoms with Gasteiger partial charge < -0.3 is 80.1 Å². The number of nitrogens with zero attached hydrogens (tertiary/aromatic N) is 7. The summed E-state index contributed by atoms with van der Waals surface area (Å²) in [5.74, 6) is -7.14. The SMILES string of the molecule is C/C1=C2/[N-][C@H]([C@H](CC(N)=O)[C@@]2(C)CCC(=O)N=C[C@@H](C)OP(=O)(O)O[C@H]2[C@@H](O)[C@@H]([n+]3c[n-]c4cc(C)c(C)cc43)O[C@@H]2CO)[C@]2(C)[N-]C(/C(C)=C3\[N-]C(/C=C4\[N-]C1[C@@H](CCC(N)=O)C4(C)C)[C@@H](CCC(N)=O)[C@]3(C)CC(N)=O)[C@@H](CCC(N)=O)[C@]2(C)CC(N)=O.[Co]. The van der Waals surface area contributed by atoms with Crippen LogP contribution in [0.25, 0.3) is 32.3 Å². The number of hydrogen-bond donors (Lipinski definition) is 9.